The lowest BCUT2D eigenvalue weighted by Crippen LogP contribution is -2.28. The smallest absolute Gasteiger partial charge is 0.141 e. The van der Waals surface area contributed by atoms with Crippen LogP contribution in [0.2, 0.25) is 0 Å². The number of fused-ring (bicyclic) bond motifs is 3. The molecule has 0 atom stereocenters. The summed E-state index contributed by atoms with van der Waals surface area (Å²) in [6, 6.07) is 51.9. The first kappa shape index (κ1) is 22.9. The molecule has 0 radical (unpaired) electrons. The Morgan fingerprint density at radius 1 is 0.487 bits per heavy atom. The van der Waals surface area contributed by atoms with Gasteiger partial charge in [-0.3, -0.25) is 0 Å². The van der Waals surface area contributed by atoms with Gasteiger partial charge in [-0.25, -0.2) is 4.98 Å². The van der Waals surface area contributed by atoms with Crippen LogP contribution in [0.1, 0.15) is 27.9 Å². The maximum absolute atomic E-state index is 9.44. The lowest BCUT2D eigenvalue weighted by atomic mass is 9.67. The summed E-state index contributed by atoms with van der Waals surface area (Å²) >= 11 is 0. The van der Waals surface area contributed by atoms with Gasteiger partial charge in [0.2, 0.25) is 0 Å². The molecule has 1 aliphatic rings. The standard InChI is InChI=1S/C37H24N2/c38-25-32-22-29(20-21-39-32)28-17-19-36-34(24-28)33-23-27(26-10-4-1-5-11-26)16-18-35(33)37(36,30-12-6-2-7-13-30)31-14-8-3-9-15-31/h1-24H. The van der Waals surface area contributed by atoms with E-state index in [-0.39, 0.29) is 0 Å². The molecule has 7 rings (SSSR count). The van der Waals surface area contributed by atoms with Crippen molar-refractivity contribution in [3.63, 3.8) is 0 Å². The molecule has 1 aromatic heterocycles. The normalized spacial score (nSPS) is 12.8. The van der Waals surface area contributed by atoms with E-state index < -0.39 is 5.41 Å². The molecule has 1 heterocycles. The molecule has 0 fully saturated rings. The van der Waals surface area contributed by atoms with E-state index in [1.807, 2.05) is 12.1 Å². The number of pyridine rings is 1. The molecule has 39 heavy (non-hydrogen) atoms. The van der Waals surface area contributed by atoms with Crippen molar-refractivity contribution in [2.45, 2.75) is 5.41 Å². The molecule has 1 aliphatic carbocycles. The van der Waals surface area contributed by atoms with Crippen LogP contribution < -0.4 is 0 Å². The topological polar surface area (TPSA) is 36.7 Å². The van der Waals surface area contributed by atoms with Gasteiger partial charge in [-0.15, -0.1) is 0 Å². The maximum atomic E-state index is 9.44. The van der Waals surface area contributed by atoms with Crippen molar-refractivity contribution in [2.75, 3.05) is 0 Å². The molecular formula is C37H24N2. The van der Waals surface area contributed by atoms with Gasteiger partial charge in [-0.2, -0.15) is 5.26 Å². The molecule has 182 valence electrons. The van der Waals surface area contributed by atoms with Crippen LogP contribution in [0.15, 0.2) is 146 Å². The predicted octanol–water partition coefficient (Wildman–Crippen LogP) is 8.65. The number of hydrogen-bond acceptors (Lipinski definition) is 2. The molecule has 0 saturated carbocycles. The Balaban J connectivity index is 1.56. The number of nitriles is 1. The molecule has 0 aliphatic heterocycles. The van der Waals surface area contributed by atoms with Crippen LogP contribution >= 0.6 is 0 Å². The van der Waals surface area contributed by atoms with Crippen molar-refractivity contribution in [2.24, 2.45) is 0 Å². The molecule has 6 aromatic rings. The third kappa shape index (κ3) is 3.60. The summed E-state index contributed by atoms with van der Waals surface area (Å²) < 4.78 is 0. The number of benzene rings is 5. The van der Waals surface area contributed by atoms with Gasteiger partial charge in [0.25, 0.3) is 0 Å². The SMILES string of the molecule is N#Cc1cc(-c2ccc3c(c2)-c2cc(-c4ccccc4)ccc2C3(c2ccccc2)c2ccccc2)ccn1. The summed E-state index contributed by atoms with van der Waals surface area (Å²) in [5.74, 6) is 0. The van der Waals surface area contributed by atoms with Gasteiger partial charge in [0.1, 0.15) is 11.8 Å². The van der Waals surface area contributed by atoms with Crippen molar-refractivity contribution in [1.29, 1.82) is 5.26 Å². The highest BCUT2D eigenvalue weighted by atomic mass is 14.7. The van der Waals surface area contributed by atoms with Crippen LogP contribution in [0.25, 0.3) is 33.4 Å². The first-order valence-corrected chi connectivity index (χ1v) is 13.1. The average Bonchev–Trinajstić information content (AvgIpc) is 3.32. The van der Waals surface area contributed by atoms with Crippen molar-refractivity contribution in [3.8, 4) is 39.4 Å². The maximum Gasteiger partial charge on any atom is 0.141 e. The summed E-state index contributed by atoms with van der Waals surface area (Å²) in [4.78, 5) is 4.18. The summed E-state index contributed by atoms with van der Waals surface area (Å²) in [6.07, 6.45) is 1.71. The lowest BCUT2D eigenvalue weighted by Gasteiger charge is -2.34. The van der Waals surface area contributed by atoms with Crippen molar-refractivity contribution in [3.05, 3.63) is 174 Å². The highest BCUT2D eigenvalue weighted by Crippen LogP contribution is 2.57. The summed E-state index contributed by atoms with van der Waals surface area (Å²) in [7, 11) is 0. The van der Waals surface area contributed by atoms with Crippen LogP contribution in [0.3, 0.4) is 0 Å². The monoisotopic (exact) mass is 496 g/mol. The van der Waals surface area contributed by atoms with Gasteiger partial charge in [0.05, 0.1) is 5.41 Å². The van der Waals surface area contributed by atoms with Crippen molar-refractivity contribution < 1.29 is 0 Å². The van der Waals surface area contributed by atoms with Gasteiger partial charge >= 0.3 is 0 Å². The molecule has 5 aromatic carbocycles. The van der Waals surface area contributed by atoms with E-state index in [2.05, 4.69) is 138 Å². The highest BCUT2D eigenvalue weighted by molar-refractivity contribution is 5.91. The van der Waals surface area contributed by atoms with Crippen molar-refractivity contribution in [1.82, 2.24) is 4.98 Å². The summed E-state index contributed by atoms with van der Waals surface area (Å²) in [5.41, 5.74) is 11.9. The zero-order valence-corrected chi connectivity index (χ0v) is 21.3. The molecule has 0 N–H and O–H groups in total. The summed E-state index contributed by atoms with van der Waals surface area (Å²) in [5, 5.41) is 9.44. The van der Waals surface area contributed by atoms with Crippen LogP contribution in [-0.4, -0.2) is 4.98 Å². The third-order valence-electron chi connectivity index (χ3n) is 7.87. The average molecular weight is 497 g/mol. The zero-order valence-electron chi connectivity index (χ0n) is 21.3. The quantitative estimate of drug-likeness (QED) is 0.244. The van der Waals surface area contributed by atoms with E-state index >= 15 is 0 Å². The van der Waals surface area contributed by atoms with E-state index in [4.69, 9.17) is 0 Å². The second kappa shape index (κ2) is 9.24. The first-order chi connectivity index (χ1) is 19.3. The zero-order chi connectivity index (χ0) is 26.2. The van der Waals surface area contributed by atoms with E-state index in [0.717, 1.165) is 11.1 Å². The Hall–Kier alpha value is -5.26. The summed E-state index contributed by atoms with van der Waals surface area (Å²) in [6.45, 7) is 0. The molecule has 0 unspecified atom stereocenters. The molecule has 0 spiro atoms. The van der Waals surface area contributed by atoms with Gasteiger partial charge < -0.3 is 0 Å². The minimum absolute atomic E-state index is 0.419. The van der Waals surface area contributed by atoms with Gasteiger partial charge in [0.15, 0.2) is 0 Å². The Kier molecular flexibility index (Phi) is 5.43. The largest absolute Gasteiger partial charge is 0.246 e. The minimum Gasteiger partial charge on any atom is -0.246 e. The fraction of sp³-hybridized carbons (Fsp3) is 0.0270. The number of hydrogen-bond donors (Lipinski definition) is 0. The fourth-order valence-electron chi connectivity index (χ4n) is 6.16. The highest BCUT2D eigenvalue weighted by Gasteiger charge is 2.46. The second-order valence-electron chi connectivity index (χ2n) is 9.91. The van der Waals surface area contributed by atoms with Gasteiger partial charge in [0, 0.05) is 6.20 Å². The minimum atomic E-state index is -0.447. The Morgan fingerprint density at radius 2 is 0.974 bits per heavy atom. The van der Waals surface area contributed by atoms with E-state index in [9.17, 15) is 5.26 Å². The number of nitrogens with zero attached hydrogens (tertiary/aromatic N) is 2. The Morgan fingerprint density at radius 3 is 1.51 bits per heavy atom. The third-order valence-corrected chi connectivity index (χ3v) is 7.87. The fourth-order valence-corrected chi connectivity index (χ4v) is 6.16. The number of rotatable bonds is 4. The molecule has 0 saturated heterocycles. The Bertz CT molecular complexity index is 1810. The Labute approximate surface area is 228 Å². The molecular weight excluding hydrogens is 472 g/mol. The van der Waals surface area contributed by atoms with E-state index in [1.54, 1.807) is 6.20 Å². The van der Waals surface area contributed by atoms with E-state index in [0.29, 0.717) is 5.69 Å². The van der Waals surface area contributed by atoms with Crippen LogP contribution in [0, 0.1) is 11.3 Å². The van der Waals surface area contributed by atoms with Gasteiger partial charge in [-0.1, -0.05) is 115 Å². The molecule has 2 heteroatoms. The number of aromatic nitrogens is 1. The first-order valence-electron chi connectivity index (χ1n) is 13.1. The van der Waals surface area contributed by atoms with Gasteiger partial charge in [-0.05, 0) is 79.9 Å². The molecule has 0 bridgehead atoms. The van der Waals surface area contributed by atoms with Crippen molar-refractivity contribution >= 4 is 0 Å². The molecule has 2 nitrogen and oxygen atoms in total. The van der Waals surface area contributed by atoms with Crippen LogP contribution in [0.4, 0.5) is 0 Å². The predicted molar refractivity (Wildman–Crippen MR) is 157 cm³/mol. The second-order valence-corrected chi connectivity index (χ2v) is 9.91. The van der Waals surface area contributed by atoms with Crippen LogP contribution in [0.5, 0.6) is 0 Å². The molecule has 0 amide bonds. The lowest BCUT2D eigenvalue weighted by molar-refractivity contribution is 0.768. The van der Waals surface area contributed by atoms with E-state index in [1.165, 1.54) is 44.5 Å². The van der Waals surface area contributed by atoms with Crippen LogP contribution in [-0.2, 0) is 5.41 Å².